The van der Waals surface area contributed by atoms with Gasteiger partial charge in [0.25, 0.3) is 5.78 Å². The van der Waals surface area contributed by atoms with Crippen LogP contribution in [0.3, 0.4) is 0 Å². The number of halogens is 1. The molecular weight excluding hydrogens is 298 g/mol. The highest BCUT2D eigenvalue weighted by Gasteiger charge is 2.18. The molecule has 0 aliphatic carbocycles. The number of nitrogens with zero attached hydrogens (tertiary/aromatic N) is 4. The summed E-state index contributed by atoms with van der Waals surface area (Å²) in [7, 11) is 0. The SMILES string of the molecule is CCCCc1c(-c2ccccc2CN)c(Cl)nc2ncnn12. The number of hydrogen-bond donors (Lipinski definition) is 1. The molecule has 6 heteroatoms. The molecule has 2 aromatic heterocycles. The molecule has 0 aliphatic heterocycles. The average molecular weight is 316 g/mol. The molecule has 22 heavy (non-hydrogen) atoms. The standard InChI is InChI=1S/C16H18ClN5/c1-2-3-8-13-14(12-7-5-4-6-11(12)9-18)15(17)21-16-19-10-20-22(13)16/h4-7,10H,2-3,8-9,18H2,1H3. The van der Waals surface area contributed by atoms with Crippen molar-refractivity contribution in [3.8, 4) is 11.1 Å². The molecule has 3 rings (SSSR count). The summed E-state index contributed by atoms with van der Waals surface area (Å²) in [5.74, 6) is 0.532. The summed E-state index contributed by atoms with van der Waals surface area (Å²) in [4.78, 5) is 8.53. The van der Waals surface area contributed by atoms with Crippen molar-refractivity contribution in [3.63, 3.8) is 0 Å². The number of aryl methyl sites for hydroxylation is 1. The minimum absolute atomic E-state index is 0.451. The smallest absolute Gasteiger partial charge is 0.253 e. The van der Waals surface area contributed by atoms with Crippen LogP contribution in [0.25, 0.3) is 16.9 Å². The third kappa shape index (κ3) is 2.58. The lowest BCUT2D eigenvalue weighted by molar-refractivity contribution is 0.740. The molecule has 1 aromatic carbocycles. The van der Waals surface area contributed by atoms with E-state index in [1.807, 2.05) is 24.3 Å². The van der Waals surface area contributed by atoms with E-state index in [1.165, 1.54) is 6.33 Å². The van der Waals surface area contributed by atoms with Gasteiger partial charge in [0.1, 0.15) is 11.5 Å². The molecule has 0 bridgehead atoms. The fourth-order valence-corrected chi connectivity index (χ4v) is 2.94. The number of nitrogens with two attached hydrogens (primary N) is 1. The molecule has 0 radical (unpaired) electrons. The first-order valence-electron chi connectivity index (χ1n) is 7.42. The largest absolute Gasteiger partial charge is 0.326 e. The third-order valence-electron chi connectivity index (χ3n) is 3.75. The quantitative estimate of drug-likeness (QED) is 0.734. The van der Waals surface area contributed by atoms with Crippen molar-refractivity contribution >= 4 is 17.4 Å². The van der Waals surface area contributed by atoms with E-state index < -0.39 is 0 Å². The van der Waals surface area contributed by atoms with Crippen molar-refractivity contribution < 1.29 is 0 Å². The van der Waals surface area contributed by atoms with Crippen molar-refractivity contribution in [1.29, 1.82) is 0 Å². The van der Waals surface area contributed by atoms with Crippen molar-refractivity contribution in [2.24, 2.45) is 5.73 Å². The fraction of sp³-hybridized carbons (Fsp3) is 0.312. The monoisotopic (exact) mass is 315 g/mol. The summed E-state index contributed by atoms with van der Waals surface area (Å²) in [5, 5.41) is 4.76. The van der Waals surface area contributed by atoms with E-state index in [0.717, 1.165) is 41.6 Å². The number of hydrogen-bond acceptors (Lipinski definition) is 4. The molecule has 0 aliphatic rings. The van der Waals surface area contributed by atoms with Gasteiger partial charge in [0, 0.05) is 12.1 Å². The average Bonchev–Trinajstić information content (AvgIpc) is 3.00. The Labute approximate surface area is 134 Å². The number of aromatic nitrogens is 4. The maximum absolute atomic E-state index is 6.47. The molecule has 3 aromatic rings. The van der Waals surface area contributed by atoms with Crippen LogP contribution in [0.2, 0.25) is 5.15 Å². The van der Waals surface area contributed by atoms with Crippen molar-refractivity contribution in [2.75, 3.05) is 0 Å². The lowest BCUT2D eigenvalue weighted by Gasteiger charge is -2.15. The molecule has 114 valence electrons. The number of rotatable bonds is 5. The molecule has 0 amide bonds. The Kier molecular flexibility index (Phi) is 4.36. The molecule has 2 N–H and O–H groups in total. The minimum Gasteiger partial charge on any atom is -0.326 e. The van der Waals surface area contributed by atoms with Gasteiger partial charge in [-0.3, -0.25) is 0 Å². The fourth-order valence-electron chi connectivity index (χ4n) is 2.65. The van der Waals surface area contributed by atoms with Crippen molar-refractivity contribution in [2.45, 2.75) is 32.7 Å². The van der Waals surface area contributed by atoms with Crippen LogP contribution in [0.4, 0.5) is 0 Å². The first-order chi connectivity index (χ1) is 10.8. The van der Waals surface area contributed by atoms with Crippen LogP contribution in [0.15, 0.2) is 30.6 Å². The molecule has 0 saturated heterocycles. The molecule has 2 heterocycles. The van der Waals surface area contributed by atoms with Crippen LogP contribution >= 0.6 is 11.6 Å². The summed E-state index contributed by atoms with van der Waals surface area (Å²) in [6, 6.07) is 8.01. The Hall–Kier alpha value is -1.98. The maximum Gasteiger partial charge on any atom is 0.253 e. The molecule has 0 unspecified atom stereocenters. The molecule has 0 fully saturated rings. The zero-order valence-corrected chi connectivity index (χ0v) is 13.2. The molecule has 0 spiro atoms. The van der Waals surface area contributed by atoms with E-state index in [9.17, 15) is 0 Å². The summed E-state index contributed by atoms with van der Waals surface area (Å²) in [5.41, 5.74) is 9.90. The van der Waals surface area contributed by atoms with Crippen LogP contribution in [0.5, 0.6) is 0 Å². The highest BCUT2D eigenvalue weighted by Crippen LogP contribution is 2.33. The third-order valence-corrected chi connectivity index (χ3v) is 4.03. The van der Waals surface area contributed by atoms with Crippen LogP contribution < -0.4 is 5.73 Å². The Balaban J connectivity index is 2.29. The van der Waals surface area contributed by atoms with Gasteiger partial charge < -0.3 is 5.73 Å². The maximum atomic E-state index is 6.47. The van der Waals surface area contributed by atoms with Gasteiger partial charge in [0.2, 0.25) is 0 Å². The summed E-state index contributed by atoms with van der Waals surface area (Å²) in [6.45, 7) is 2.62. The lowest BCUT2D eigenvalue weighted by Crippen LogP contribution is -2.07. The normalized spacial score (nSPS) is 11.2. The highest BCUT2D eigenvalue weighted by atomic mass is 35.5. The Morgan fingerprint density at radius 3 is 2.86 bits per heavy atom. The second-order valence-corrected chi connectivity index (χ2v) is 5.52. The van der Waals surface area contributed by atoms with Crippen molar-refractivity contribution in [3.05, 3.63) is 47.0 Å². The van der Waals surface area contributed by atoms with Gasteiger partial charge in [-0.15, -0.1) is 0 Å². The van der Waals surface area contributed by atoms with Gasteiger partial charge in [-0.05, 0) is 24.0 Å². The Morgan fingerprint density at radius 2 is 2.09 bits per heavy atom. The van der Waals surface area contributed by atoms with Gasteiger partial charge in [0.15, 0.2) is 0 Å². The first-order valence-corrected chi connectivity index (χ1v) is 7.80. The van der Waals surface area contributed by atoms with Gasteiger partial charge in [-0.2, -0.15) is 15.1 Å². The van der Waals surface area contributed by atoms with E-state index in [0.29, 0.717) is 17.5 Å². The Morgan fingerprint density at radius 1 is 1.27 bits per heavy atom. The highest BCUT2D eigenvalue weighted by molar-refractivity contribution is 6.32. The minimum atomic E-state index is 0.451. The summed E-state index contributed by atoms with van der Waals surface area (Å²) >= 11 is 6.47. The first kappa shape index (κ1) is 14.9. The molecule has 5 nitrogen and oxygen atoms in total. The molecule has 0 saturated carbocycles. The van der Waals surface area contributed by atoms with Gasteiger partial charge in [-0.1, -0.05) is 49.2 Å². The van der Waals surface area contributed by atoms with E-state index >= 15 is 0 Å². The second-order valence-electron chi connectivity index (χ2n) is 5.16. The van der Waals surface area contributed by atoms with Crippen LogP contribution in [0, 0.1) is 0 Å². The predicted molar refractivity (Wildman–Crippen MR) is 87.7 cm³/mol. The van der Waals surface area contributed by atoms with E-state index in [2.05, 4.69) is 22.0 Å². The van der Waals surface area contributed by atoms with Crippen molar-refractivity contribution in [1.82, 2.24) is 19.6 Å². The van der Waals surface area contributed by atoms with Gasteiger partial charge in [0.05, 0.1) is 5.69 Å². The van der Waals surface area contributed by atoms with Gasteiger partial charge >= 0.3 is 0 Å². The van der Waals surface area contributed by atoms with E-state index in [-0.39, 0.29) is 0 Å². The number of benzene rings is 1. The second kappa shape index (κ2) is 6.42. The summed E-state index contributed by atoms with van der Waals surface area (Å²) < 4.78 is 1.78. The summed E-state index contributed by atoms with van der Waals surface area (Å²) in [6.07, 6.45) is 4.51. The number of unbranched alkanes of at least 4 members (excludes halogenated alkanes) is 1. The van der Waals surface area contributed by atoms with E-state index in [1.54, 1.807) is 4.52 Å². The predicted octanol–water partition coefficient (Wildman–Crippen LogP) is 3.25. The zero-order valence-electron chi connectivity index (χ0n) is 12.5. The molecule has 0 atom stereocenters. The zero-order chi connectivity index (χ0) is 15.5. The Bertz CT molecular complexity index is 796. The van der Waals surface area contributed by atoms with Gasteiger partial charge in [-0.25, -0.2) is 4.52 Å². The molecular formula is C16H18ClN5. The lowest BCUT2D eigenvalue weighted by atomic mass is 9.97. The van der Waals surface area contributed by atoms with Crippen LogP contribution in [-0.4, -0.2) is 19.6 Å². The van der Waals surface area contributed by atoms with Crippen LogP contribution in [-0.2, 0) is 13.0 Å². The topological polar surface area (TPSA) is 69.1 Å². The van der Waals surface area contributed by atoms with Crippen LogP contribution in [0.1, 0.15) is 31.0 Å². The number of fused-ring (bicyclic) bond motifs is 1. The van der Waals surface area contributed by atoms with E-state index in [4.69, 9.17) is 17.3 Å².